The number of nitrogens with one attached hydrogen (secondary N) is 1. The van der Waals surface area contributed by atoms with E-state index in [9.17, 15) is 9.90 Å². The van der Waals surface area contributed by atoms with Crippen LogP contribution in [0, 0.1) is 0 Å². The minimum Gasteiger partial charge on any atom is -0.387 e. The minimum absolute atomic E-state index is 0.0621. The number of likely N-dealkylation sites (N-methyl/N-ethyl adjacent to an activating group) is 1. The summed E-state index contributed by atoms with van der Waals surface area (Å²) in [7, 11) is 3.78. The van der Waals surface area contributed by atoms with Crippen molar-refractivity contribution in [2.45, 2.75) is 17.4 Å². The van der Waals surface area contributed by atoms with Crippen molar-refractivity contribution in [3.05, 3.63) is 30.3 Å². The maximum Gasteiger partial charge on any atom is 0.230 e. The number of benzene rings is 1. The van der Waals surface area contributed by atoms with Crippen LogP contribution >= 0.6 is 11.8 Å². The summed E-state index contributed by atoms with van der Waals surface area (Å²) in [6.45, 7) is 2.50. The van der Waals surface area contributed by atoms with E-state index < -0.39 is 5.60 Å². The van der Waals surface area contributed by atoms with E-state index in [1.165, 1.54) is 11.8 Å². The molecule has 1 atom stereocenters. The summed E-state index contributed by atoms with van der Waals surface area (Å²) in [5, 5.41) is 12.8. The van der Waals surface area contributed by atoms with Crippen LogP contribution in [0.3, 0.4) is 0 Å². The first-order valence-corrected chi connectivity index (χ1v) is 7.19. The van der Waals surface area contributed by atoms with Crippen LogP contribution < -0.4 is 5.32 Å². The number of hydrogen-bond donors (Lipinski definition) is 2. The Bertz CT molecular complexity index is 394. The molecule has 0 aliphatic rings. The number of thioether (sulfide) groups is 1. The van der Waals surface area contributed by atoms with Gasteiger partial charge >= 0.3 is 0 Å². The molecule has 0 heterocycles. The molecule has 0 aliphatic heterocycles. The van der Waals surface area contributed by atoms with Crippen molar-refractivity contribution in [1.82, 2.24) is 10.2 Å². The van der Waals surface area contributed by atoms with Gasteiger partial charge in [0.05, 0.1) is 11.4 Å². The Morgan fingerprint density at radius 2 is 2.00 bits per heavy atom. The molecule has 5 heteroatoms. The third-order valence-electron chi connectivity index (χ3n) is 2.44. The van der Waals surface area contributed by atoms with Crippen molar-refractivity contribution >= 4 is 17.7 Å². The first-order chi connectivity index (χ1) is 8.89. The highest BCUT2D eigenvalue weighted by Crippen LogP contribution is 2.16. The zero-order chi connectivity index (χ0) is 14.3. The molecule has 0 saturated carbocycles. The van der Waals surface area contributed by atoms with E-state index in [0.717, 1.165) is 4.90 Å². The van der Waals surface area contributed by atoms with Crippen LogP contribution in [0.2, 0.25) is 0 Å². The number of carbonyl (C=O) groups is 1. The second-order valence-corrected chi connectivity index (χ2v) is 6.16. The number of rotatable bonds is 7. The fraction of sp³-hybridized carbons (Fsp3) is 0.500. The molecular formula is C14H22N2O2S. The maximum atomic E-state index is 11.7. The summed E-state index contributed by atoms with van der Waals surface area (Å²) in [6, 6.07) is 9.78. The van der Waals surface area contributed by atoms with Crippen molar-refractivity contribution in [2.75, 3.05) is 32.9 Å². The Balaban J connectivity index is 2.28. The van der Waals surface area contributed by atoms with Crippen LogP contribution in [-0.4, -0.2) is 54.5 Å². The lowest BCUT2D eigenvalue weighted by Gasteiger charge is -2.27. The van der Waals surface area contributed by atoms with Gasteiger partial charge < -0.3 is 15.3 Å². The van der Waals surface area contributed by atoms with Gasteiger partial charge in [-0.2, -0.15) is 0 Å². The quantitative estimate of drug-likeness (QED) is 0.738. The molecule has 1 rings (SSSR count). The Morgan fingerprint density at radius 3 is 2.58 bits per heavy atom. The first kappa shape index (κ1) is 16.0. The highest BCUT2D eigenvalue weighted by molar-refractivity contribution is 8.00. The molecule has 0 spiro atoms. The Morgan fingerprint density at radius 1 is 1.37 bits per heavy atom. The fourth-order valence-corrected chi connectivity index (χ4v) is 2.49. The summed E-state index contributed by atoms with van der Waals surface area (Å²) in [4.78, 5) is 14.7. The molecule has 4 nitrogen and oxygen atoms in total. The fourth-order valence-electron chi connectivity index (χ4n) is 1.74. The third kappa shape index (κ3) is 7.20. The Labute approximate surface area is 119 Å². The second-order valence-electron chi connectivity index (χ2n) is 5.11. The van der Waals surface area contributed by atoms with E-state index >= 15 is 0 Å². The lowest BCUT2D eigenvalue weighted by molar-refractivity contribution is -0.119. The standard InChI is InChI=1S/C14H22N2O2S/c1-14(18,11-16(2)3)10-15-13(17)9-19-12-7-5-4-6-8-12/h4-8,18H,9-11H2,1-3H3,(H,15,17). The van der Waals surface area contributed by atoms with Crippen molar-refractivity contribution < 1.29 is 9.90 Å². The predicted molar refractivity (Wildman–Crippen MR) is 79.4 cm³/mol. The minimum atomic E-state index is -0.906. The SMILES string of the molecule is CN(C)CC(C)(O)CNC(=O)CSc1ccccc1. The zero-order valence-corrected chi connectivity index (χ0v) is 12.5. The van der Waals surface area contributed by atoms with E-state index in [1.807, 2.05) is 49.3 Å². The summed E-state index contributed by atoms with van der Waals surface area (Å²) in [6.07, 6.45) is 0. The van der Waals surface area contributed by atoms with Gasteiger partial charge in [-0.15, -0.1) is 11.8 Å². The molecule has 0 radical (unpaired) electrons. The summed E-state index contributed by atoms with van der Waals surface area (Å²) in [5.41, 5.74) is -0.906. The number of hydrogen-bond acceptors (Lipinski definition) is 4. The van der Waals surface area contributed by atoms with Gasteiger partial charge in [0.1, 0.15) is 0 Å². The molecule has 106 valence electrons. The normalized spacial score (nSPS) is 14.2. The van der Waals surface area contributed by atoms with E-state index in [2.05, 4.69) is 5.32 Å². The largest absolute Gasteiger partial charge is 0.387 e. The van der Waals surface area contributed by atoms with Gasteiger partial charge in [0, 0.05) is 18.0 Å². The van der Waals surface area contributed by atoms with Crippen LogP contribution in [0.5, 0.6) is 0 Å². The number of aliphatic hydroxyl groups is 1. The number of carbonyl (C=O) groups excluding carboxylic acids is 1. The zero-order valence-electron chi connectivity index (χ0n) is 11.7. The topological polar surface area (TPSA) is 52.6 Å². The second kappa shape index (κ2) is 7.53. The van der Waals surface area contributed by atoms with Gasteiger partial charge in [0.2, 0.25) is 5.91 Å². The van der Waals surface area contributed by atoms with Crippen LogP contribution in [0.15, 0.2) is 35.2 Å². The monoisotopic (exact) mass is 282 g/mol. The van der Waals surface area contributed by atoms with Crippen LogP contribution in [0.1, 0.15) is 6.92 Å². The number of amides is 1. The molecule has 0 saturated heterocycles. The van der Waals surface area contributed by atoms with Crippen LogP contribution in [0.4, 0.5) is 0 Å². The van der Waals surface area contributed by atoms with E-state index in [-0.39, 0.29) is 12.5 Å². The molecule has 1 amide bonds. The molecule has 1 unspecified atom stereocenters. The smallest absolute Gasteiger partial charge is 0.230 e. The maximum absolute atomic E-state index is 11.7. The lowest BCUT2D eigenvalue weighted by Crippen LogP contribution is -2.47. The first-order valence-electron chi connectivity index (χ1n) is 6.21. The van der Waals surface area contributed by atoms with Gasteiger partial charge in [-0.05, 0) is 33.2 Å². The van der Waals surface area contributed by atoms with Gasteiger partial charge in [0.25, 0.3) is 0 Å². The van der Waals surface area contributed by atoms with Gasteiger partial charge in [-0.1, -0.05) is 18.2 Å². The van der Waals surface area contributed by atoms with Crippen molar-refractivity contribution in [3.8, 4) is 0 Å². The van der Waals surface area contributed by atoms with Crippen molar-refractivity contribution in [2.24, 2.45) is 0 Å². The van der Waals surface area contributed by atoms with E-state index in [4.69, 9.17) is 0 Å². The molecular weight excluding hydrogens is 260 g/mol. The molecule has 19 heavy (non-hydrogen) atoms. The highest BCUT2D eigenvalue weighted by atomic mass is 32.2. The highest BCUT2D eigenvalue weighted by Gasteiger charge is 2.21. The van der Waals surface area contributed by atoms with Crippen molar-refractivity contribution in [1.29, 1.82) is 0 Å². The van der Waals surface area contributed by atoms with E-state index in [1.54, 1.807) is 6.92 Å². The molecule has 1 aromatic rings. The average molecular weight is 282 g/mol. The van der Waals surface area contributed by atoms with Crippen LogP contribution in [-0.2, 0) is 4.79 Å². The molecule has 0 fully saturated rings. The summed E-state index contributed by atoms with van der Waals surface area (Å²) < 4.78 is 0. The number of nitrogens with zero attached hydrogens (tertiary/aromatic N) is 1. The molecule has 1 aromatic carbocycles. The van der Waals surface area contributed by atoms with E-state index in [0.29, 0.717) is 12.3 Å². The van der Waals surface area contributed by atoms with Gasteiger partial charge in [-0.25, -0.2) is 0 Å². The van der Waals surface area contributed by atoms with Gasteiger partial charge in [-0.3, -0.25) is 4.79 Å². The Kier molecular flexibility index (Phi) is 6.34. The Hall–Kier alpha value is -1.04. The molecule has 0 aliphatic carbocycles. The lowest BCUT2D eigenvalue weighted by atomic mass is 10.1. The average Bonchev–Trinajstić information content (AvgIpc) is 2.34. The van der Waals surface area contributed by atoms with Gasteiger partial charge in [0.15, 0.2) is 0 Å². The molecule has 0 aromatic heterocycles. The predicted octanol–water partition coefficient (Wildman–Crippen LogP) is 1.21. The molecule has 0 bridgehead atoms. The third-order valence-corrected chi connectivity index (χ3v) is 3.45. The summed E-state index contributed by atoms with van der Waals surface area (Å²) in [5.74, 6) is 0.301. The van der Waals surface area contributed by atoms with Crippen LogP contribution in [0.25, 0.3) is 0 Å². The van der Waals surface area contributed by atoms with Crippen molar-refractivity contribution in [3.63, 3.8) is 0 Å². The summed E-state index contributed by atoms with van der Waals surface area (Å²) >= 11 is 1.49. The molecule has 2 N–H and O–H groups in total.